The minimum atomic E-state index is -5.56. The van der Waals surface area contributed by atoms with Gasteiger partial charge >= 0.3 is 11.5 Å². The minimum Gasteiger partial charge on any atom is -0.388 e. The second-order valence-corrected chi connectivity index (χ2v) is 10.5. The lowest BCUT2D eigenvalue weighted by Gasteiger charge is -2.24. The standard InChI is InChI=1S/C23H19F3N4O4S/c1-13-12-22(13)20(31)29(14-6-8-15(9-7-14)35(33,34)23(24,25)26)21(32)30(22)18-10-11-28-17-5-3-4-16(27-2)19(17)18/h3-11,13,27H,12H2,1-2H3. The number of anilines is 3. The molecule has 3 aromatic rings. The maximum atomic E-state index is 13.7. The molecule has 1 aliphatic heterocycles. The van der Waals surface area contributed by atoms with Gasteiger partial charge in [-0.2, -0.15) is 13.2 Å². The summed E-state index contributed by atoms with van der Waals surface area (Å²) >= 11 is 0. The Balaban J connectivity index is 1.62. The number of benzene rings is 2. The topological polar surface area (TPSA) is 99.7 Å². The maximum absolute atomic E-state index is 13.7. The summed E-state index contributed by atoms with van der Waals surface area (Å²) < 4.78 is 62.1. The fourth-order valence-corrected chi connectivity index (χ4v) is 5.46. The van der Waals surface area contributed by atoms with E-state index in [0.717, 1.165) is 29.2 Å². The molecule has 35 heavy (non-hydrogen) atoms. The first kappa shape index (κ1) is 23.1. The van der Waals surface area contributed by atoms with Crippen molar-refractivity contribution in [2.75, 3.05) is 22.2 Å². The predicted molar refractivity (Wildman–Crippen MR) is 123 cm³/mol. The summed E-state index contributed by atoms with van der Waals surface area (Å²) in [6.45, 7) is 1.84. The number of sulfone groups is 1. The number of hydrogen-bond acceptors (Lipinski definition) is 6. The Morgan fingerprint density at radius 1 is 1.09 bits per heavy atom. The van der Waals surface area contributed by atoms with E-state index in [2.05, 4.69) is 10.3 Å². The van der Waals surface area contributed by atoms with Crippen LogP contribution in [-0.4, -0.2) is 43.4 Å². The number of imide groups is 1. The molecule has 1 saturated heterocycles. The Labute approximate surface area is 198 Å². The molecule has 0 bridgehead atoms. The molecule has 2 aromatic carbocycles. The van der Waals surface area contributed by atoms with Gasteiger partial charge in [-0.1, -0.05) is 13.0 Å². The Morgan fingerprint density at radius 2 is 1.74 bits per heavy atom. The molecule has 12 heteroatoms. The first-order chi connectivity index (χ1) is 16.4. The third-order valence-electron chi connectivity index (χ3n) is 6.59. The Bertz CT molecular complexity index is 1490. The molecule has 1 aromatic heterocycles. The monoisotopic (exact) mass is 504 g/mol. The van der Waals surface area contributed by atoms with Crippen molar-refractivity contribution < 1.29 is 31.2 Å². The van der Waals surface area contributed by atoms with E-state index in [0.29, 0.717) is 28.7 Å². The van der Waals surface area contributed by atoms with Crippen LogP contribution >= 0.6 is 0 Å². The van der Waals surface area contributed by atoms with E-state index >= 15 is 0 Å². The van der Waals surface area contributed by atoms with E-state index in [1.807, 2.05) is 13.0 Å². The highest BCUT2D eigenvalue weighted by molar-refractivity contribution is 7.92. The molecule has 5 rings (SSSR count). The Kier molecular flexibility index (Phi) is 4.89. The van der Waals surface area contributed by atoms with Crippen LogP contribution in [0.5, 0.6) is 0 Å². The molecule has 2 fully saturated rings. The average Bonchev–Trinajstić information content (AvgIpc) is 3.43. The van der Waals surface area contributed by atoms with E-state index in [1.54, 1.807) is 25.2 Å². The zero-order valence-corrected chi connectivity index (χ0v) is 19.3. The van der Waals surface area contributed by atoms with Gasteiger partial charge in [0.25, 0.3) is 15.7 Å². The molecule has 2 unspecified atom stereocenters. The lowest BCUT2D eigenvalue weighted by molar-refractivity contribution is -0.119. The molecule has 2 heterocycles. The average molecular weight is 504 g/mol. The number of aromatic nitrogens is 1. The van der Waals surface area contributed by atoms with Crippen LogP contribution in [0.4, 0.5) is 35.0 Å². The summed E-state index contributed by atoms with van der Waals surface area (Å²) in [7, 11) is -3.84. The fourth-order valence-electron chi connectivity index (χ4n) is 4.70. The number of nitrogens with one attached hydrogen (secondary N) is 1. The van der Waals surface area contributed by atoms with Gasteiger partial charge in [-0.15, -0.1) is 0 Å². The van der Waals surface area contributed by atoms with Gasteiger partial charge in [0.2, 0.25) is 0 Å². The summed E-state index contributed by atoms with van der Waals surface area (Å²) in [5.41, 5.74) is -4.85. The van der Waals surface area contributed by atoms with Crippen molar-refractivity contribution in [2.45, 2.75) is 29.3 Å². The van der Waals surface area contributed by atoms with Crippen molar-refractivity contribution in [1.29, 1.82) is 0 Å². The van der Waals surface area contributed by atoms with Crippen LogP contribution < -0.4 is 15.1 Å². The highest BCUT2D eigenvalue weighted by atomic mass is 32.2. The molecule has 1 aliphatic carbocycles. The number of urea groups is 1. The summed E-state index contributed by atoms with van der Waals surface area (Å²) in [4.78, 5) is 33.0. The van der Waals surface area contributed by atoms with Crippen molar-refractivity contribution in [3.8, 4) is 0 Å². The van der Waals surface area contributed by atoms with Gasteiger partial charge in [0.1, 0.15) is 5.54 Å². The zero-order valence-electron chi connectivity index (χ0n) is 18.5. The lowest BCUT2D eigenvalue weighted by Crippen LogP contribution is -2.39. The predicted octanol–water partition coefficient (Wildman–Crippen LogP) is 4.32. The number of nitrogens with zero attached hydrogens (tertiary/aromatic N) is 3. The van der Waals surface area contributed by atoms with E-state index in [9.17, 15) is 31.2 Å². The number of hydrogen-bond donors (Lipinski definition) is 1. The Hall–Kier alpha value is -3.67. The summed E-state index contributed by atoms with van der Waals surface area (Å²) in [5.74, 6) is -0.688. The summed E-state index contributed by atoms with van der Waals surface area (Å²) in [6.07, 6.45) is 1.94. The van der Waals surface area contributed by atoms with Crippen molar-refractivity contribution >= 4 is 49.7 Å². The molecular weight excluding hydrogens is 485 g/mol. The number of pyridine rings is 1. The van der Waals surface area contributed by atoms with E-state index in [1.165, 1.54) is 11.1 Å². The van der Waals surface area contributed by atoms with Gasteiger partial charge in [-0.05, 0) is 54.8 Å². The van der Waals surface area contributed by atoms with E-state index in [-0.39, 0.29) is 11.6 Å². The molecule has 1 saturated carbocycles. The quantitative estimate of drug-likeness (QED) is 0.532. The number of carbonyl (C=O) groups excluding carboxylic acids is 2. The molecule has 1 N–H and O–H groups in total. The molecular formula is C23H19F3N4O4S. The van der Waals surface area contributed by atoms with Crippen LogP contribution in [0.1, 0.15) is 13.3 Å². The molecule has 0 radical (unpaired) electrons. The molecule has 3 amide bonds. The normalized spacial score (nSPS) is 22.4. The lowest BCUT2D eigenvalue weighted by atomic mass is 10.1. The van der Waals surface area contributed by atoms with Gasteiger partial charge < -0.3 is 5.32 Å². The van der Waals surface area contributed by atoms with Crippen molar-refractivity contribution in [3.05, 3.63) is 54.7 Å². The van der Waals surface area contributed by atoms with Gasteiger partial charge in [-0.3, -0.25) is 14.7 Å². The third-order valence-corrected chi connectivity index (χ3v) is 8.09. The first-order valence-corrected chi connectivity index (χ1v) is 12.1. The van der Waals surface area contributed by atoms with Gasteiger partial charge in [0, 0.05) is 24.3 Å². The number of rotatable bonds is 4. The first-order valence-electron chi connectivity index (χ1n) is 10.6. The van der Waals surface area contributed by atoms with Crippen LogP contribution in [0.2, 0.25) is 0 Å². The number of carbonyl (C=O) groups is 2. The molecule has 1 spiro atoms. The van der Waals surface area contributed by atoms with E-state index < -0.39 is 37.7 Å². The Morgan fingerprint density at radius 3 is 2.31 bits per heavy atom. The van der Waals surface area contributed by atoms with Crippen molar-refractivity contribution in [1.82, 2.24) is 4.98 Å². The number of alkyl halides is 3. The van der Waals surface area contributed by atoms with Crippen LogP contribution in [0.25, 0.3) is 10.9 Å². The van der Waals surface area contributed by atoms with Gasteiger partial charge in [0.05, 0.1) is 21.8 Å². The third kappa shape index (κ3) is 3.12. The van der Waals surface area contributed by atoms with Crippen LogP contribution in [0, 0.1) is 5.92 Å². The van der Waals surface area contributed by atoms with E-state index in [4.69, 9.17) is 0 Å². The molecule has 182 valence electrons. The van der Waals surface area contributed by atoms with Crippen LogP contribution in [-0.2, 0) is 14.6 Å². The van der Waals surface area contributed by atoms with Crippen molar-refractivity contribution in [2.24, 2.45) is 5.92 Å². The fraction of sp³-hybridized carbons (Fsp3) is 0.261. The zero-order chi connectivity index (χ0) is 25.3. The van der Waals surface area contributed by atoms with Gasteiger partial charge in [0.15, 0.2) is 0 Å². The second-order valence-electron chi connectivity index (χ2n) is 8.51. The highest BCUT2D eigenvalue weighted by Gasteiger charge is 2.70. The second kappa shape index (κ2) is 7.41. The van der Waals surface area contributed by atoms with Gasteiger partial charge in [-0.25, -0.2) is 18.1 Å². The number of halogens is 3. The molecule has 2 atom stereocenters. The highest BCUT2D eigenvalue weighted by Crippen LogP contribution is 2.56. The molecule has 8 nitrogen and oxygen atoms in total. The van der Waals surface area contributed by atoms with Crippen LogP contribution in [0.15, 0.2) is 59.6 Å². The largest absolute Gasteiger partial charge is 0.501 e. The summed E-state index contributed by atoms with van der Waals surface area (Å²) in [5, 5.41) is 3.71. The van der Waals surface area contributed by atoms with Crippen LogP contribution in [0.3, 0.4) is 0 Å². The number of amides is 3. The number of fused-ring (bicyclic) bond motifs is 1. The smallest absolute Gasteiger partial charge is 0.388 e. The van der Waals surface area contributed by atoms with Crippen molar-refractivity contribution in [3.63, 3.8) is 0 Å². The SMILES string of the molecule is CNc1cccc2nccc(N3C(=O)N(c4ccc(S(=O)(=O)C(F)(F)F)cc4)C(=O)C34CC4C)c12. The minimum absolute atomic E-state index is 0.0192. The summed E-state index contributed by atoms with van der Waals surface area (Å²) in [6, 6.07) is 9.91. The molecule has 2 aliphatic rings. The maximum Gasteiger partial charge on any atom is 0.501 e.